The summed E-state index contributed by atoms with van der Waals surface area (Å²) >= 11 is 0. The lowest BCUT2D eigenvalue weighted by Crippen LogP contribution is -2.24. The SMILES string of the molecule is OC1CN(CC2CC2)CC1O. The van der Waals surface area contributed by atoms with Gasteiger partial charge in [0.15, 0.2) is 0 Å². The molecule has 1 saturated heterocycles. The molecule has 0 aromatic carbocycles. The van der Waals surface area contributed by atoms with E-state index in [2.05, 4.69) is 4.90 Å². The molecule has 0 bridgehead atoms. The Bertz CT molecular complexity index is 134. The Hall–Kier alpha value is -0.120. The van der Waals surface area contributed by atoms with Crippen LogP contribution < -0.4 is 0 Å². The van der Waals surface area contributed by atoms with E-state index in [0.29, 0.717) is 13.1 Å². The zero-order valence-corrected chi connectivity index (χ0v) is 6.61. The van der Waals surface area contributed by atoms with E-state index in [4.69, 9.17) is 0 Å². The highest BCUT2D eigenvalue weighted by atomic mass is 16.3. The number of rotatable bonds is 2. The molecule has 3 nitrogen and oxygen atoms in total. The van der Waals surface area contributed by atoms with E-state index in [1.54, 1.807) is 0 Å². The lowest BCUT2D eigenvalue weighted by molar-refractivity contribution is 0.0572. The molecule has 0 amide bonds. The van der Waals surface area contributed by atoms with Gasteiger partial charge in [0.05, 0.1) is 12.2 Å². The van der Waals surface area contributed by atoms with E-state index in [0.717, 1.165) is 12.5 Å². The van der Waals surface area contributed by atoms with Crippen molar-refractivity contribution in [1.29, 1.82) is 0 Å². The molecule has 3 heteroatoms. The number of β-amino-alcohol motifs (C(OH)–C–C–N with tert-alkyl or cyclic N) is 2. The fraction of sp³-hybridized carbons (Fsp3) is 1.00. The third kappa shape index (κ3) is 1.72. The van der Waals surface area contributed by atoms with Crippen LogP contribution in [0.2, 0.25) is 0 Å². The number of nitrogens with zero attached hydrogens (tertiary/aromatic N) is 1. The average molecular weight is 157 g/mol. The van der Waals surface area contributed by atoms with Crippen molar-refractivity contribution in [2.45, 2.75) is 25.0 Å². The summed E-state index contributed by atoms with van der Waals surface area (Å²) in [6, 6.07) is 0. The molecule has 0 aromatic rings. The Morgan fingerprint density at radius 2 is 1.64 bits per heavy atom. The number of aliphatic hydroxyl groups is 2. The number of aliphatic hydroxyl groups excluding tert-OH is 2. The summed E-state index contributed by atoms with van der Waals surface area (Å²) in [6.45, 7) is 2.41. The monoisotopic (exact) mass is 157 g/mol. The Kier molecular flexibility index (Phi) is 1.87. The minimum Gasteiger partial charge on any atom is -0.389 e. The molecule has 1 aliphatic heterocycles. The molecule has 64 valence electrons. The maximum Gasteiger partial charge on any atom is 0.0938 e. The van der Waals surface area contributed by atoms with Gasteiger partial charge in [-0.1, -0.05) is 0 Å². The number of hydrogen-bond donors (Lipinski definition) is 2. The minimum absolute atomic E-state index is 0.506. The fourth-order valence-corrected chi connectivity index (χ4v) is 1.66. The second-order valence-corrected chi connectivity index (χ2v) is 3.80. The van der Waals surface area contributed by atoms with Crippen LogP contribution in [0.5, 0.6) is 0 Å². The number of likely N-dealkylation sites (tertiary alicyclic amines) is 1. The van der Waals surface area contributed by atoms with Crippen LogP contribution in [-0.4, -0.2) is 47.0 Å². The van der Waals surface area contributed by atoms with Crippen LogP contribution in [0.15, 0.2) is 0 Å². The van der Waals surface area contributed by atoms with Gasteiger partial charge in [0, 0.05) is 19.6 Å². The Balaban J connectivity index is 1.78. The van der Waals surface area contributed by atoms with E-state index in [1.165, 1.54) is 12.8 Å². The quantitative estimate of drug-likeness (QED) is 0.564. The molecule has 0 spiro atoms. The third-order valence-corrected chi connectivity index (χ3v) is 2.55. The Morgan fingerprint density at radius 1 is 1.09 bits per heavy atom. The summed E-state index contributed by atoms with van der Waals surface area (Å²) in [5.74, 6) is 0.854. The first-order valence-electron chi connectivity index (χ1n) is 4.34. The van der Waals surface area contributed by atoms with Gasteiger partial charge in [-0.15, -0.1) is 0 Å². The smallest absolute Gasteiger partial charge is 0.0938 e. The van der Waals surface area contributed by atoms with E-state index in [1.807, 2.05) is 0 Å². The molecule has 2 rings (SSSR count). The number of hydrogen-bond acceptors (Lipinski definition) is 3. The predicted octanol–water partition coefficient (Wildman–Crippen LogP) is -0.566. The van der Waals surface area contributed by atoms with Gasteiger partial charge < -0.3 is 10.2 Å². The maximum absolute atomic E-state index is 9.21. The molecule has 1 aliphatic carbocycles. The van der Waals surface area contributed by atoms with Crippen LogP contribution in [0.4, 0.5) is 0 Å². The fourth-order valence-electron chi connectivity index (χ4n) is 1.66. The summed E-state index contributed by atoms with van der Waals surface area (Å²) in [4.78, 5) is 2.16. The van der Waals surface area contributed by atoms with E-state index < -0.39 is 12.2 Å². The van der Waals surface area contributed by atoms with Gasteiger partial charge >= 0.3 is 0 Å². The second kappa shape index (κ2) is 2.73. The highest BCUT2D eigenvalue weighted by Crippen LogP contribution is 2.30. The highest BCUT2D eigenvalue weighted by molar-refractivity contribution is 4.86. The van der Waals surface area contributed by atoms with Crippen LogP contribution in [0.25, 0.3) is 0 Å². The minimum atomic E-state index is -0.506. The molecule has 1 heterocycles. The third-order valence-electron chi connectivity index (χ3n) is 2.55. The van der Waals surface area contributed by atoms with Gasteiger partial charge in [0.25, 0.3) is 0 Å². The molecular formula is C8H15NO2. The highest BCUT2D eigenvalue weighted by Gasteiger charge is 2.33. The largest absolute Gasteiger partial charge is 0.389 e. The van der Waals surface area contributed by atoms with Crippen molar-refractivity contribution in [2.75, 3.05) is 19.6 Å². The first-order valence-corrected chi connectivity index (χ1v) is 4.34. The molecule has 0 radical (unpaired) electrons. The Labute approximate surface area is 66.6 Å². The first kappa shape index (κ1) is 7.53. The van der Waals surface area contributed by atoms with Crippen LogP contribution in [0, 0.1) is 5.92 Å². The zero-order chi connectivity index (χ0) is 7.84. The van der Waals surface area contributed by atoms with Crippen molar-refractivity contribution in [3.8, 4) is 0 Å². The van der Waals surface area contributed by atoms with Gasteiger partial charge in [0.1, 0.15) is 0 Å². The predicted molar refractivity (Wildman–Crippen MR) is 41.2 cm³/mol. The standard InChI is InChI=1S/C8H15NO2/c10-7-4-9(5-8(7)11)3-6-1-2-6/h6-8,10-11H,1-5H2. The van der Waals surface area contributed by atoms with Crippen molar-refractivity contribution >= 4 is 0 Å². The van der Waals surface area contributed by atoms with Gasteiger partial charge in [-0.3, -0.25) is 4.90 Å². The van der Waals surface area contributed by atoms with Crippen LogP contribution in [-0.2, 0) is 0 Å². The maximum atomic E-state index is 9.21. The van der Waals surface area contributed by atoms with Crippen molar-refractivity contribution in [2.24, 2.45) is 5.92 Å². The van der Waals surface area contributed by atoms with Gasteiger partial charge in [0.2, 0.25) is 0 Å². The molecule has 0 aromatic heterocycles. The normalized spacial score (nSPS) is 39.8. The molecule has 2 unspecified atom stereocenters. The van der Waals surface area contributed by atoms with Crippen molar-refractivity contribution in [3.05, 3.63) is 0 Å². The summed E-state index contributed by atoms with van der Waals surface area (Å²) in [5, 5.41) is 18.4. The molecule has 2 fully saturated rings. The molecule has 11 heavy (non-hydrogen) atoms. The topological polar surface area (TPSA) is 43.7 Å². The molecule has 1 saturated carbocycles. The molecule has 2 aliphatic rings. The van der Waals surface area contributed by atoms with Crippen molar-refractivity contribution < 1.29 is 10.2 Å². The average Bonchev–Trinajstić information content (AvgIpc) is 2.65. The van der Waals surface area contributed by atoms with Crippen molar-refractivity contribution in [3.63, 3.8) is 0 Å². The Morgan fingerprint density at radius 3 is 2.09 bits per heavy atom. The van der Waals surface area contributed by atoms with Gasteiger partial charge in [-0.25, -0.2) is 0 Å². The lowest BCUT2D eigenvalue weighted by atomic mass is 10.3. The molecule has 2 N–H and O–H groups in total. The summed E-state index contributed by atoms with van der Waals surface area (Å²) < 4.78 is 0. The molecule has 2 atom stereocenters. The van der Waals surface area contributed by atoms with Gasteiger partial charge in [-0.05, 0) is 18.8 Å². The van der Waals surface area contributed by atoms with Crippen LogP contribution in [0.1, 0.15) is 12.8 Å². The lowest BCUT2D eigenvalue weighted by Gasteiger charge is -2.12. The van der Waals surface area contributed by atoms with Crippen LogP contribution in [0.3, 0.4) is 0 Å². The zero-order valence-electron chi connectivity index (χ0n) is 6.61. The van der Waals surface area contributed by atoms with E-state index in [9.17, 15) is 10.2 Å². The molecular weight excluding hydrogens is 142 g/mol. The van der Waals surface area contributed by atoms with Gasteiger partial charge in [-0.2, -0.15) is 0 Å². The summed E-state index contributed by atoms with van der Waals surface area (Å²) in [6.07, 6.45) is 1.66. The van der Waals surface area contributed by atoms with E-state index in [-0.39, 0.29) is 0 Å². The summed E-state index contributed by atoms with van der Waals surface area (Å²) in [5.41, 5.74) is 0. The van der Waals surface area contributed by atoms with Crippen molar-refractivity contribution in [1.82, 2.24) is 4.90 Å². The van der Waals surface area contributed by atoms with Crippen LogP contribution >= 0.6 is 0 Å². The van der Waals surface area contributed by atoms with E-state index >= 15 is 0 Å². The summed E-state index contributed by atoms with van der Waals surface area (Å²) in [7, 11) is 0. The first-order chi connectivity index (χ1) is 5.25. The second-order valence-electron chi connectivity index (χ2n) is 3.80.